The van der Waals surface area contributed by atoms with E-state index >= 15 is 0 Å². The Morgan fingerprint density at radius 3 is 2.22 bits per heavy atom. The van der Waals surface area contributed by atoms with Crippen LogP contribution in [0.5, 0.6) is 0 Å². The van der Waals surface area contributed by atoms with Gasteiger partial charge < -0.3 is 15.1 Å². The predicted octanol–water partition coefficient (Wildman–Crippen LogP) is 1.93. The average molecular weight is 253 g/mol. The van der Waals surface area contributed by atoms with E-state index in [-0.39, 0.29) is 0 Å². The quantitative estimate of drug-likeness (QED) is 0.748. The molecule has 0 aromatic rings. The first kappa shape index (κ1) is 14.3. The second kappa shape index (κ2) is 6.36. The normalized spacial score (nSPS) is 23.8. The fourth-order valence-electron chi connectivity index (χ4n) is 3.50. The lowest BCUT2D eigenvalue weighted by atomic mass is 9.75. The summed E-state index contributed by atoms with van der Waals surface area (Å²) in [4.78, 5) is 4.96. The van der Waals surface area contributed by atoms with Gasteiger partial charge in [-0.25, -0.2) is 0 Å². The van der Waals surface area contributed by atoms with Crippen LogP contribution in [0.15, 0.2) is 0 Å². The van der Waals surface area contributed by atoms with Crippen molar-refractivity contribution in [1.82, 2.24) is 15.1 Å². The highest BCUT2D eigenvalue weighted by Crippen LogP contribution is 2.36. The Hall–Kier alpha value is -0.120. The highest BCUT2D eigenvalue weighted by Gasteiger charge is 2.39. The Labute approximate surface area is 113 Å². The van der Waals surface area contributed by atoms with E-state index in [0.29, 0.717) is 5.54 Å². The minimum absolute atomic E-state index is 0.474. The van der Waals surface area contributed by atoms with Crippen LogP contribution in [0.4, 0.5) is 0 Å². The van der Waals surface area contributed by atoms with E-state index in [1.165, 1.54) is 58.0 Å². The van der Waals surface area contributed by atoms with E-state index in [0.717, 1.165) is 12.6 Å². The van der Waals surface area contributed by atoms with Crippen LogP contribution in [0.1, 0.15) is 44.9 Å². The molecule has 0 aliphatic heterocycles. The zero-order chi connectivity index (χ0) is 13.0. The lowest BCUT2D eigenvalue weighted by molar-refractivity contribution is 0.0280. The topological polar surface area (TPSA) is 18.5 Å². The SMILES string of the molecule is CN(CCNC1CCCC1)CC1(N(C)C)CCC1. The van der Waals surface area contributed by atoms with Gasteiger partial charge in [-0.15, -0.1) is 0 Å². The van der Waals surface area contributed by atoms with Gasteiger partial charge in [0.1, 0.15) is 0 Å². The molecule has 2 rings (SSSR count). The summed E-state index contributed by atoms with van der Waals surface area (Å²) < 4.78 is 0. The molecule has 2 saturated carbocycles. The Bertz CT molecular complexity index is 242. The van der Waals surface area contributed by atoms with Gasteiger partial charge in [-0.05, 0) is 53.2 Å². The number of hydrogen-bond donors (Lipinski definition) is 1. The van der Waals surface area contributed by atoms with Gasteiger partial charge in [-0.2, -0.15) is 0 Å². The zero-order valence-corrected chi connectivity index (χ0v) is 12.5. The molecule has 0 heterocycles. The van der Waals surface area contributed by atoms with Crippen molar-refractivity contribution in [1.29, 1.82) is 0 Å². The summed E-state index contributed by atoms with van der Waals surface area (Å²) >= 11 is 0. The maximum atomic E-state index is 3.71. The fourth-order valence-corrected chi connectivity index (χ4v) is 3.50. The average Bonchev–Trinajstić information content (AvgIpc) is 2.76. The molecule has 0 bridgehead atoms. The highest BCUT2D eigenvalue weighted by molar-refractivity contribution is 4.97. The highest BCUT2D eigenvalue weighted by atomic mass is 15.2. The van der Waals surface area contributed by atoms with Crippen molar-refractivity contribution in [2.75, 3.05) is 40.8 Å². The van der Waals surface area contributed by atoms with E-state index < -0.39 is 0 Å². The minimum atomic E-state index is 0.474. The Morgan fingerprint density at radius 2 is 1.72 bits per heavy atom. The van der Waals surface area contributed by atoms with E-state index in [9.17, 15) is 0 Å². The van der Waals surface area contributed by atoms with Gasteiger partial charge in [0.15, 0.2) is 0 Å². The standard InChI is InChI=1S/C15H31N3/c1-17(2)15(9-6-10-15)13-18(3)12-11-16-14-7-4-5-8-14/h14,16H,4-13H2,1-3H3. The third kappa shape index (κ3) is 3.46. The van der Waals surface area contributed by atoms with Crippen molar-refractivity contribution in [3.8, 4) is 0 Å². The van der Waals surface area contributed by atoms with Gasteiger partial charge in [0, 0.05) is 31.2 Å². The van der Waals surface area contributed by atoms with Crippen LogP contribution in [0.3, 0.4) is 0 Å². The van der Waals surface area contributed by atoms with Gasteiger partial charge in [-0.1, -0.05) is 12.8 Å². The molecule has 0 amide bonds. The van der Waals surface area contributed by atoms with Crippen LogP contribution in [0.2, 0.25) is 0 Å². The molecule has 0 aromatic carbocycles. The first-order valence-corrected chi connectivity index (χ1v) is 7.72. The summed E-state index contributed by atoms with van der Waals surface area (Å²) in [6.45, 7) is 3.57. The summed E-state index contributed by atoms with van der Waals surface area (Å²) in [6, 6.07) is 0.810. The van der Waals surface area contributed by atoms with Crippen molar-refractivity contribution in [2.24, 2.45) is 0 Å². The molecule has 0 radical (unpaired) electrons. The maximum Gasteiger partial charge on any atom is 0.0330 e. The van der Waals surface area contributed by atoms with E-state index in [1.54, 1.807) is 0 Å². The van der Waals surface area contributed by atoms with Gasteiger partial charge in [-0.3, -0.25) is 0 Å². The first-order chi connectivity index (χ1) is 8.62. The summed E-state index contributed by atoms with van der Waals surface area (Å²) in [5, 5.41) is 3.71. The van der Waals surface area contributed by atoms with Crippen molar-refractivity contribution in [3.05, 3.63) is 0 Å². The van der Waals surface area contributed by atoms with E-state index in [2.05, 4.69) is 36.3 Å². The summed E-state index contributed by atoms with van der Waals surface area (Å²) in [5.74, 6) is 0. The number of hydrogen-bond acceptors (Lipinski definition) is 3. The summed E-state index contributed by atoms with van der Waals surface area (Å²) in [7, 11) is 6.76. The number of rotatable bonds is 7. The van der Waals surface area contributed by atoms with Crippen LogP contribution >= 0.6 is 0 Å². The first-order valence-electron chi connectivity index (χ1n) is 7.72. The number of nitrogens with one attached hydrogen (secondary N) is 1. The van der Waals surface area contributed by atoms with Crippen molar-refractivity contribution < 1.29 is 0 Å². The molecule has 3 nitrogen and oxygen atoms in total. The molecule has 2 aliphatic rings. The fraction of sp³-hybridized carbons (Fsp3) is 1.00. The van der Waals surface area contributed by atoms with Gasteiger partial charge in [0.25, 0.3) is 0 Å². The summed E-state index contributed by atoms with van der Waals surface area (Å²) in [5.41, 5.74) is 0.474. The lowest BCUT2D eigenvalue weighted by Crippen LogP contribution is -2.57. The molecular weight excluding hydrogens is 222 g/mol. The molecule has 2 aliphatic carbocycles. The molecule has 2 fully saturated rings. The smallest absolute Gasteiger partial charge is 0.0330 e. The molecule has 1 N–H and O–H groups in total. The van der Waals surface area contributed by atoms with Crippen molar-refractivity contribution in [3.63, 3.8) is 0 Å². The Balaban J connectivity index is 1.63. The Morgan fingerprint density at radius 1 is 1.06 bits per heavy atom. The minimum Gasteiger partial charge on any atom is -0.313 e. The molecule has 0 aromatic heterocycles. The van der Waals surface area contributed by atoms with Crippen molar-refractivity contribution in [2.45, 2.75) is 56.5 Å². The zero-order valence-electron chi connectivity index (χ0n) is 12.5. The lowest BCUT2D eigenvalue weighted by Gasteiger charge is -2.49. The second-order valence-corrected chi connectivity index (χ2v) is 6.65. The monoisotopic (exact) mass is 253 g/mol. The van der Waals surface area contributed by atoms with Gasteiger partial charge in [0.05, 0.1) is 0 Å². The second-order valence-electron chi connectivity index (χ2n) is 6.65. The largest absolute Gasteiger partial charge is 0.313 e. The van der Waals surface area contributed by atoms with Crippen LogP contribution in [-0.4, -0.2) is 62.2 Å². The van der Waals surface area contributed by atoms with Gasteiger partial charge in [0.2, 0.25) is 0 Å². The molecule has 18 heavy (non-hydrogen) atoms. The van der Waals surface area contributed by atoms with Crippen LogP contribution in [0.25, 0.3) is 0 Å². The van der Waals surface area contributed by atoms with Crippen LogP contribution in [-0.2, 0) is 0 Å². The number of nitrogens with zero attached hydrogens (tertiary/aromatic N) is 2. The third-order valence-corrected chi connectivity index (χ3v) is 5.08. The molecule has 106 valence electrons. The molecule has 0 unspecified atom stereocenters. The molecule has 0 atom stereocenters. The molecule has 0 saturated heterocycles. The Kier molecular flexibility index (Phi) is 5.05. The third-order valence-electron chi connectivity index (χ3n) is 5.08. The number of likely N-dealkylation sites (N-methyl/N-ethyl adjacent to an activating group) is 2. The van der Waals surface area contributed by atoms with Gasteiger partial charge >= 0.3 is 0 Å². The van der Waals surface area contributed by atoms with E-state index in [1.807, 2.05) is 0 Å². The maximum absolute atomic E-state index is 3.71. The van der Waals surface area contributed by atoms with Crippen LogP contribution < -0.4 is 5.32 Å². The predicted molar refractivity (Wildman–Crippen MR) is 78.0 cm³/mol. The molecule has 3 heteroatoms. The molecule has 0 spiro atoms. The molecular formula is C15H31N3. The van der Waals surface area contributed by atoms with Crippen LogP contribution in [0, 0.1) is 0 Å². The summed E-state index contributed by atoms with van der Waals surface area (Å²) in [6.07, 6.45) is 9.80. The van der Waals surface area contributed by atoms with E-state index in [4.69, 9.17) is 0 Å². The van der Waals surface area contributed by atoms with Crippen molar-refractivity contribution >= 4 is 0 Å².